The van der Waals surface area contributed by atoms with Gasteiger partial charge in [-0.3, -0.25) is 4.98 Å². The summed E-state index contributed by atoms with van der Waals surface area (Å²) in [6, 6.07) is 5.23. The third-order valence-corrected chi connectivity index (χ3v) is 1.79. The Morgan fingerprint density at radius 3 is 2.73 bits per heavy atom. The molecule has 0 amide bonds. The average Bonchev–Trinajstić information content (AvgIpc) is 2.02. The van der Waals surface area contributed by atoms with Crippen LogP contribution in [0.3, 0.4) is 0 Å². The topological polar surface area (TPSA) is 22.1 Å². The fourth-order valence-corrected chi connectivity index (χ4v) is 1.06. The highest BCUT2D eigenvalue weighted by Crippen LogP contribution is 2.31. The number of alkyl halides is 1. The zero-order valence-electron chi connectivity index (χ0n) is 5.96. The fraction of sp³-hybridized carbons (Fsp3) is 0.375. The number of halogens is 1. The summed E-state index contributed by atoms with van der Waals surface area (Å²) in [5.74, 6) is 0. The van der Waals surface area contributed by atoms with Crippen LogP contribution < -0.4 is 0 Å². The zero-order chi connectivity index (χ0) is 7.73. The highest BCUT2D eigenvalue weighted by Gasteiger charge is 2.41. The summed E-state index contributed by atoms with van der Waals surface area (Å²) in [5, 5.41) is 0. The van der Waals surface area contributed by atoms with Crippen molar-refractivity contribution in [3.05, 3.63) is 30.1 Å². The van der Waals surface area contributed by atoms with Crippen LogP contribution in [0.1, 0.15) is 5.69 Å². The molecule has 1 aliphatic rings. The first kappa shape index (κ1) is 6.73. The molecule has 1 saturated heterocycles. The average molecular weight is 153 g/mol. The Morgan fingerprint density at radius 2 is 2.27 bits per heavy atom. The summed E-state index contributed by atoms with van der Waals surface area (Å²) in [7, 11) is 0. The van der Waals surface area contributed by atoms with Gasteiger partial charge in [-0.2, -0.15) is 0 Å². The first-order valence-corrected chi connectivity index (χ1v) is 3.49. The maximum Gasteiger partial charge on any atom is 0.198 e. The summed E-state index contributed by atoms with van der Waals surface area (Å²) < 4.78 is 18.2. The predicted octanol–water partition coefficient (Wildman–Crippen LogP) is 1.28. The van der Waals surface area contributed by atoms with E-state index in [-0.39, 0.29) is 13.2 Å². The van der Waals surface area contributed by atoms with Crippen molar-refractivity contribution in [3.63, 3.8) is 0 Å². The lowest BCUT2D eigenvalue weighted by Gasteiger charge is -2.32. The van der Waals surface area contributed by atoms with E-state index in [1.165, 1.54) is 0 Å². The Bertz CT molecular complexity index is 246. The molecule has 2 heterocycles. The molecule has 58 valence electrons. The lowest BCUT2D eigenvalue weighted by Crippen LogP contribution is -2.43. The van der Waals surface area contributed by atoms with Gasteiger partial charge >= 0.3 is 0 Å². The lowest BCUT2D eigenvalue weighted by molar-refractivity contribution is -0.137. The van der Waals surface area contributed by atoms with Crippen LogP contribution in [0.2, 0.25) is 0 Å². The number of aromatic nitrogens is 1. The van der Waals surface area contributed by atoms with Crippen molar-refractivity contribution in [1.82, 2.24) is 4.98 Å². The first-order chi connectivity index (χ1) is 5.31. The minimum Gasteiger partial charge on any atom is -0.374 e. The van der Waals surface area contributed by atoms with Crippen LogP contribution in [0.5, 0.6) is 0 Å². The Labute approximate surface area is 64.0 Å². The Kier molecular flexibility index (Phi) is 1.39. The third-order valence-electron chi connectivity index (χ3n) is 1.79. The molecule has 2 rings (SSSR count). The zero-order valence-corrected chi connectivity index (χ0v) is 5.96. The van der Waals surface area contributed by atoms with Gasteiger partial charge in [0.1, 0.15) is 0 Å². The Hall–Kier alpha value is -0.960. The van der Waals surface area contributed by atoms with Crippen LogP contribution in [0, 0.1) is 0 Å². The molecule has 3 heteroatoms. The van der Waals surface area contributed by atoms with Crippen molar-refractivity contribution in [3.8, 4) is 0 Å². The van der Waals surface area contributed by atoms with E-state index < -0.39 is 5.67 Å². The van der Waals surface area contributed by atoms with E-state index in [1.807, 2.05) is 0 Å². The van der Waals surface area contributed by atoms with Crippen LogP contribution >= 0.6 is 0 Å². The molecule has 11 heavy (non-hydrogen) atoms. The van der Waals surface area contributed by atoms with Gasteiger partial charge in [0.25, 0.3) is 0 Å². The highest BCUT2D eigenvalue weighted by atomic mass is 19.1. The molecule has 1 aromatic rings. The number of hydrogen-bond donors (Lipinski definition) is 0. The number of nitrogens with zero attached hydrogens (tertiary/aromatic N) is 1. The standard InChI is InChI=1S/C8H8FNO/c9-8(5-11-6-8)7-3-1-2-4-10-7/h1-4H,5-6H2. The minimum absolute atomic E-state index is 0.143. The summed E-state index contributed by atoms with van der Waals surface area (Å²) in [6.07, 6.45) is 1.59. The molecule has 0 aliphatic carbocycles. The number of hydrogen-bond acceptors (Lipinski definition) is 2. The first-order valence-electron chi connectivity index (χ1n) is 3.49. The van der Waals surface area contributed by atoms with Crippen molar-refractivity contribution in [2.24, 2.45) is 0 Å². The summed E-state index contributed by atoms with van der Waals surface area (Å²) in [6.45, 7) is 0.286. The molecule has 0 aromatic carbocycles. The van der Waals surface area contributed by atoms with Crippen molar-refractivity contribution in [2.45, 2.75) is 5.67 Å². The molecule has 0 bridgehead atoms. The normalized spacial score (nSPS) is 20.8. The second-order valence-corrected chi connectivity index (χ2v) is 2.67. The molecular weight excluding hydrogens is 145 g/mol. The Balaban J connectivity index is 2.29. The van der Waals surface area contributed by atoms with Gasteiger partial charge in [0.05, 0.1) is 18.9 Å². The van der Waals surface area contributed by atoms with E-state index in [0.29, 0.717) is 5.69 Å². The van der Waals surface area contributed by atoms with Crippen LogP contribution in [0.25, 0.3) is 0 Å². The molecule has 0 saturated carbocycles. The SMILES string of the molecule is FC1(c2ccccn2)COC1. The largest absolute Gasteiger partial charge is 0.374 e. The van der Waals surface area contributed by atoms with Crippen molar-refractivity contribution < 1.29 is 9.13 Å². The quantitative estimate of drug-likeness (QED) is 0.606. The van der Waals surface area contributed by atoms with Crippen LogP contribution in [-0.2, 0) is 10.4 Å². The summed E-state index contributed by atoms with van der Waals surface area (Å²) in [4.78, 5) is 3.92. The molecule has 0 spiro atoms. The fourth-order valence-electron chi connectivity index (χ4n) is 1.06. The number of pyridine rings is 1. The van der Waals surface area contributed by atoms with Gasteiger partial charge in [-0.15, -0.1) is 0 Å². The van der Waals surface area contributed by atoms with Crippen molar-refractivity contribution in [2.75, 3.05) is 13.2 Å². The second kappa shape index (κ2) is 2.27. The Morgan fingerprint density at radius 1 is 1.45 bits per heavy atom. The van der Waals surface area contributed by atoms with E-state index >= 15 is 0 Å². The number of ether oxygens (including phenoxy) is 1. The molecule has 0 unspecified atom stereocenters. The minimum atomic E-state index is -1.32. The third kappa shape index (κ3) is 1.01. The van der Waals surface area contributed by atoms with E-state index in [2.05, 4.69) is 4.98 Å². The van der Waals surface area contributed by atoms with Gasteiger partial charge in [0.15, 0.2) is 5.67 Å². The monoisotopic (exact) mass is 153 g/mol. The maximum absolute atomic E-state index is 13.5. The van der Waals surface area contributed by atoms with Gasteiger partial charge in [-0.25, -0.2) is 4.39 Å². The molecular formula is C8H8FNO. The van der Waals surface area contributed by atoms with E-state index in [1.54, 1.807) is 24.4 Å². The molecule has 0 atom stereocenters. The van der Waals surface area contributed by atoms with Gasteiger partial charge < -0.3 is 4.74 Å². The molecule has 1 aromatic heterocycles. The number of rotatable bonds is 1. The molecule has 1 aliphatic heterocycles. The maximum atomic E-state index is 13.5. The lowest BCUT2D eigenvalue weighted by atomic mass is 10.00. The van der Waals surface area contributed by atoms with Gasteiger partial charge in [0, 0.05) is 6.20 Å². The second-order valence-electron chi connectivity index (χ2n) is 2.67. The molecule has 2 nitrogen and oxygen atoms in total. The van der Waals surface area contributed by atoms with Crippen LogP contribution in [0.15, 0.2) is 24.4 Å². The van der Waals surface area contributed by atoms with Gasteiger partial charge in [0.2, 0.25) is 0 Å². The molecule has 0 radical (unpaired) electrons. The smallest absolute Gasteiger partial charge is 0.198 e. The van der Waals surface area contributed by atoms with Crippen molar-refractivity contribution >= 4 is 0 Å². The predicted molar refractivity (Wildman–Crippen MR) is 37.8 cm³/mol. The summed E-state index contributed by atoms with van der Waals surface area (Å²) in [5.41, 5.74) is -0.840. The molecule has 0 N–H and O–H groups in total. The van der Waals surface area contributed by atoms with E-state index in [9.17, 15) is 4.39 Å². The molecule has 1 fully saturated rings. The summed E-state index contributed by atoms with van der Waals surface area (Å²) >= 11 is 0. The highest BCUT2D eigenvalue weighted by molar-refractivity contribution is 5.15. The van der Waals surface area contributed by atoms with Gasteiger partial charge in [-0.1, -0.05) is 6.07 Å². The van der Waals surface area contributed by atoms with E-state index in [0.717, 1.165) is 0 Å². The van der Waals surface area contributed by atoms with E-state index in [4.69, 9.17) is 4.74 Å². The van der Waals surface area contributed by atoms with Crippen molar-refractivity contribution in [1.29, 1.82) is 0 Å². The van der Waals surface area contributed by atoms with Gasteiger partial charge in [-0.05, 0) is 12.1 Å². The van der Waals surface area contributed by atoms with Crippen LogP contribution in [-0.4, -0.2) is 18.2 Å². The van der Waals surface area contributed by atoms with Crippen LogP contribution in [0.4, 0.5) is 4.39 Å².